The molecule has 4 nitrogen and oxygen atoms in total. The molecule has 4 unspecified atom stereocenters. The van der Waals surface area contributed by atoms with E-state index < -0.39 is 24.4 Å². The number of hydrogen-bond acceptors (Lipinski definition) is 5. The maximum atomic E-state index is 10.5. The summed E-state index contributed by atoms with van der Waals surface area (Å²) in [5.41, 5.74) is 3.10. The van der Waals surface area contributed by atoms with Crippen LogP contribution in [0.1, 0.15) is 34.1 Å². The molecule has 1 aliphatic rings. The van der Waals surface area contributed by atoms with Gasteiger partial charge >= 0.3 is 0 Å². The summed E-state index contributed by atoms with van der Waals surface area (Å²) in [6.07, 6.45) is -2.10. The zero-order chi connectivity index (χ0) is 19.8. The van der Waals surface area contributed by atoms with Crippen LogP contribution < -0.4 is 0 Å². The summed E-state index contributed by atoms with van der Waals surface area (Å²) in [6.45, 7) is 1.89. The fourth-order valence-electron chi connectivity index (χ4n) is 3.79. The van der Waals surface area contributed by atoms with Crippen LogP contribution in [0.4, 0.5) is 0 Å². The number of ether oxygens (including phenoxy) is 1. The van der Waals surface area contributed by atoms with Gasteiger partial charge in [-0.05, 0) is 47.2 Å². The summed E-state index contributed by atoms with van der Waals surface area (Å²) >= 11 is 5.37. The molecule has 2 aromatic carbocycles. The van der Waals surface area contributed by atoms with Crippen molar-refractivity contribution in [2.75, 3.05) is 6.61 Å². The van der Waals surface area contributed by atoms with Crippen molar-refractivity contribution in [3.8, 4) is 0 Å². The molecule has 0 bridgehead atoms. The van der Waals surface area contributed by atoms with Gasteiger partial charge in [0.05, 0.1) is 18.8 Å². The number of aliphatic hydroxyl groups is 3. The Morgan fingerprint density at radius 3 is 2.71 bits per heavy atom. The van der Waals surface area contributed by atoms with Crippen LogP contribution in [0.25, 0.3) is 10.1 Å². The topological polar surface area (TPSA) is 69.9 Å². The van der Waals surface area contributed by atoms with E-state index in [0.717, 1.165) is 27.6 Å². The van der Waals surface area contributed by atoms with Crippen molar-refractivity contribution in [3.05, 3.63) is 68.5 Å². The summed E-state index contributed by atoms with van der Waals surface area (Å²) < 4.78 is 7.99. The van der Waals surface area contributed by atoms with Crippen LogP contribution in [-0.2, 0) is 11.2 Å². The zero-order valence-electron chi connectivity index (χ0n) is 15.5. The lowest BCUT2D eigenvalue weighted by atomic mass is 9.91. The Morgan fingerprint density at radius 2 is 1.96 bits per heavy atom. The van der Waals surface area contributed by atoms with Crippen LogP contribution in [0.2, 0.25) is 0 Å². The molecule has 1 saturated heterocycles. The second-order valence-corrected chi connectivity index (χ2v) is 9.41. The van der Waals surface area contributed by atoms with E-state index in [2.05, 4.69) is 47.1 Å². The van der Waals surface area contributed by atoms with E-state index in [1.165, 1.54) is 15.0 Å². The Hall–Kier alpha value is -1.28. The zero-order valence-corrected chi connectivity index (χ0v) is 17.9. The normalized spacial score (nSPS) is 25.3. The minimum Gasteiger partial charge on any atom is -0.394 e. The molecule has 0 radical (unpaired) electrons. The molecule has 0 amide bonds. The van der Waals surface area contributed by atoms with Crippen LogP contribution >= 0.6 is 27.3 Å². The summed E-state index contributed by atoms with van der Waals surface area (Å²) in [5, 5.41) is 31.4. The number of aryl methyl sites for hydroxylation is 1. The number of hydrogen-bond donors (Lipinski definition) is 3. The van der Waals surface area contributed by atoms with E-state index in [4.69, 9.17) is 4.74 Å². The summed E-state index contributed by atoms with van der Waals surface area (Å²) in [4.78, 5) is 1.27. The largest absolute Gasteiger partial charge is 0.394 e. The minimum atomic E-state index is -1.03. The molecule has 4 rings (SSSR count). The molecule has 1 aromatic heterocycles. The highest BCUT2D eigenvalue weighted by Crippen LogP contribution is 2.38. The first kappa shape index (κ1) is 20.0. The first-order valence-corrected chi connectivity index (χ1v) is 11.0. The van der Waals surface area contributed by atoms with Crippen LogP contribution in [-0.4, -0.2) is 40.2 Å². The van der Waals surface area contributed by atoms with Crippen molar-refractivity contribution < 1.29 is 20.1 Å². The molecular weight excluding hydrogens is 440 g/mol. The highest BCUT2D eigenvalue weighted by atomic mass is 79.9. The summed E-state index contributed by atoms with van der Waals surface area (Å²) in [6, 6.07) is 14.7. The molecule has 0 aliphatic carbocycles. The highest BCUT2D eigenvalue weighted by molar-refractivity contribution is 9.10. The first-order valence-electron chi connectivity index (χ1n) is 9.35. The molecule has 2 heterocycles. The maximum Gasteiger partial charge on any atom is 0.112 e. The van der Waals surface area contributed by atoms with Crippen molar-refractivity contribution in [3.63, 3.8) is 0 Å². The predicted octanol–water partition coefficient (Wildman–Crippen LogP) is 4.11. The SMILES string of the molecule is Cc1cc(Br)c(C2OC(CO)CC(O)C2O)cc1Cc1cc2ccccc2s1. The lowest BCUT2D eigenvalue weighted by Crippen LogP contribution is -2.44. The first-order chi connectivity index (χ1) is 13.5. The molecule has 28 heavy (non-hydrogen) atoms. The van der Waals surface area contributed by atoms with Crippen molar-refractivity contribution in [1.82, 2.24) is 0 Å². The Bertz CT molecular complexity index is 953. The summed E-state index contributed by atoms with van der Waals surface area (Å²) in [5.74, 6) is 0. The van der Waals surface area contributed by atoms with E-state index in [9.17, 15) is 15.3 Å². The quantitative estimate of drug-likeness (QED) is 0.545. The number of rotatable bonds is 4. The molecule has 0 saturated carbocycles. The Kier molecular flexibility index (Phi) is 5.88. The van der Waals surface area contributed by atoms with Gasteiger partial charge in [-0.1, -0.05) is 40.2 Å². The van der Waals surface area contributed by atoms with Crippen LogP contribution in [0.3, 0.4) is 0 Å². The third kappa shape index (κ3) is 3.90. The van der Waals surface area contributed by atoms with Gasteiger partial charge in [-0.3, -0.25) is 0 Å². The molecule has 3 aromatic rings. The van der Waals surface area contributed by atoms with Crippen molar-refractivity contribution >= 4 is 37.4 Å². The molecule has 1 fully saturated rings. The fourth-order valence-corrected chi connectivity index (χ4v) is 5.56. The van der Waals surface area contributed by atoms with Gasteiger partial charge in [-0.15, -0.1) is 11.3 Å². The second kappa shape index (κ2) is 8.22. The van der Waals surface area contributed by atoms with Crippen LogP contribution in [0.15, 0.2) is 46.9 Å². The third-order valence-electron chi connectivity index (χ3n) is 5.35. The number of thiophene rings is 1. The van der Waals surface area contributed by atoms with Gasteiger partial charge < -0.3 is 20.1 Å². The maximum absolute atomic E-state index is 10.5. The third-order valence-corrected chi connectivity index (χ3v) is 7.16. The molecule has 4 atom stereocenters. The van der Waals surface area contributed by atoms with E-state index in [1.807, 2.05) is 18.2 Å². The van der Waals surface area contributed by atoms with Gasteiger partial charge in [0.1, 0.15) is 12.2 Å². The minimum absolute atomic E-state index is 0.182. The van der Waals surface area contributed by atoms with Gasteiger partial charge in [-0.2, -0.15) is 0 Å². The predicted molar refractivity (Wildman–Crippen MR) is 115 cm³/mol. The Labute approximate surface area is 176 Å². The lowest BCUT2D eigenvalue weighted by Gasteiger charge is -2.37. The molecule has 3 N–H and O–H groups in total. The van der Waals surface area contributed by atoms with E-state index in [1.54, 1.807) is 11.3 Å². The molecular formula is C22H23BrO4S. The Balaban J connectivity index is 1.67. The molecule has 1 aliphatic heterocycles. The van der Waals surface area contributed by atoms with E-state index in [0.29, 0.717) is 0 Å². The average Bonchev–Trinajstić information content (AvgIpc) is 3.08. The van der Waals surface area contributed by atoms with Crippen molar-refractivity contribution in [2.45, 2.75) is 44.2 Å². The smallest absolute Gasteiger partial charge is 0.112 e. The Morgan fingerprint density at radius 1 is 1.18 bits per heavy atom. The number of halogens is 1. The number of aliphatic hydroxyl groups excluding tert-OH is 3. The monoisotopic (exact) mass is 462 g/mol. The number of benzene rings is 2. The van der Waals surface area contributed by atoms with Crippen LogP contribution in [0, 0.1) is 6.92 Å². The van der Waals surface area contributed by atoms with E-state index >= 15 is 0 Å². The lowest BCUT2D eigenvalue weighted by molar-refractivity contribution is -0.179. The van der Waals surface area contributed by atoms with Crippen molar-refractivity contribution in [2.24, 2.45) is 0 Å². The number of fused-ring (bicyclic) bond motifs is 1. The van der Waals surface area contributed by atoms with Gasteiger partial charge in [0, 0.05) is 26.9 Å². The van der Waals surface area contributed by atoms with Gasteiger partial charge in [-0.25, -0.2) is 0 Å². The van der Waals surface area contributed by atoms with Gasteiger partial charge in [0.15, 0.2) is 0 Å². The van der Waals surface area contributed by atoms with Crippen molar-refractivity contribution in [1.29, 1.82) is 0 Å². The molecule has 0 spiro atoms. The van der Waals surface area contributed by atoms with E-state index in [-0.39, 0.29) is 13.0 Å². The fraction of sp³-hybridized carbons (Fsp3) is 0.364. The summed E-state index contributed by atoms with van der Waals surface area (Å²) in [7, 11) is 0. The second-order valence-electron chi connectivity index (χ2n) is 7.38. The average molecular weight is 463 g/mol. The van der Waals surface area contributed by atoms with Gasteiger partial charge in [0.25, 0.3) is 0 Å². The molecule has 6 heteroatoms. The van der Waals surface area contributed by atoms with Gasteiger partial charge in [0.2, 0.25) is 0 Å². The highest BCUT2D eigenvalue weighted by Gasteiger charge is 2.38. The van der Waals surface area contributed by atoms with Crippen LogP contribution in [0.5, 0.6) is 0 Å². The standard InChI is InChI=1S/C22H23BrO4S/c1-12-6-18(23)17(22-21(26)19(25)10-15(11-24)27-22)9-14(12)8-16-7-13-4-2-3-5-20(13)28-16/h2-7,9,15,19,21-22,24-26H,8,10-11H2,1H3. The molecule has 148 valence electrons.